The maximum atomic E-state index is 12.9. The molecule has 4 nitrogen and oxygen atoms in total. The lowest BCUT2D eigenvalue weighted by Crippen LogP contribution is -2.39. The molecular weight excluding hydrogens is 397 g/mol. The number of amides is 1. The van der Waals surface area contributed by atoms with Crippen LogP contribution in [0.1, 0.15) is 30.9 Å². The van der Waals surface area contributed by atoms with Gasteiger partial charge in [0.15, 0.2) is 6.61 Å². The van der Waals surface area contributed by atoms with Crippen LogP contribution >= 0.6 is 23.2 Å². The molecule has 1 fully saturated rings. The molecule has 1 aliphatic heterocycles. The van der Waals surface area contributed by atoms with Gasteiger partial charge in [-0.15, -0.1) is 0 Å². The summed E-state index contributed by atoms with van der Waals surface area (Å²) in [6.45, 7) is 3.74. The monoisotopic (exact) mass is 421 g/mol. The van der Waals surface area contributed by atoms with Gasteiger partial charge in [0.1, 0.15) is 5.75 Å². The molecule has 0 aromatic heterocycles. The zero-order valence-electron chi connectivity index (χ0n) is 16.0. The summed E-state index contributed by atoms with van der Waals surface area (Å²) in [5.74, 6) is 0.591. The number of hydrogen-bond acceptors (Lipinski definition) is 3. The van der Waals surface area contributed by atoms with Gasteiger partial charge in [0, 0.05) is 29.7 Å². The number of hydrogen-bond donors (Lipinski definition) is 0. The lowest BCUT2D eigenvalue weighted by Gasteiger charge is -2.26. The number of nitrogens with zero attached hydrogens (tertiary/aromatic N) is 1. The van der Waals surface area contributed by atoms with Gasteiger partial charge in [-0.25, -0.2) is 0 Å². The third-order valence-corrected chi connectivity index (χ3v) is 5.46. The van der Waals surface area contributed by atoms with Crippen molar-refractivity contribution in [1.29, 1.82) is 0 Å². The lowest BCUT2D eigenvalue weighted by atomic mass is 10.1. The van der Waals surface area contributed by atoms with Crippen LogP contribution < -0.4 is 4.74 Å². The lowest BCUT2D eigenvalue weighted by molar-refractivity contribution is -0.135. The van der Waals surface area contributed by atoms with E-state index in [4.69, 9.17) is 32.7 Å². The van der Waals surface area contributed by atoms with Gasteiger partial charge in [-0.05, 0) is 54.7 Å². The van der Waals surface area contributed by atoms with E-state index < -0.39 is 0 Å². The van der Waals surface area contributed by atoms with Crippen LogP contribution in [0, 0.1) is 0 Å². The van der Waals surface area contributed by atoms with E-state index in [0.29, 0.717) is 28.9 Å². The average molecular weight is 422 g/mol. The van der Waals surface area contributed by atoms with Gasteiger partial charge in [0.25, 0.3) is 5.91 Å². The first kappa shape index (κ1) is 21.0. The number of ether oxygens (including phenoxy) is 2. The van der Waals surface area contributed by atoms with Crippen LogP contribution in [0.3, 0.4) is 0 Å². The SMILES string of the molecule is CCc1ccc(OCC(=O)N(Cc2ccc(Cl)cc2Cl)CC2CCCO2)cc1. The van der Waals surface area contributed by atoms with Crippen molar-refractivity contribution in [3.8, 4) is 5.75 Å². The van der Waals surface area contributed by atoms with E-state index >= 15 is 0 Å². The summed E-state index contributed by atoms with van der Waals surface area (Å²) in [4.78, 5) is 14.6. The molecule has 1 unspecified atom stereocenters. The molecule has 6 heteroatoms. The predicted octanol–water partition coefficient (Wildman–Crippen LogP) is 5.14. The highest BCUT2D eigenvalue weighted by molar-refractivity contribution is 6.35. The molecule has 0 N–H and O–H groups in total. The Bertz CT molecular complexity index is 789. The summed E-state index contributed by atoms with van der Waals surface area (Å²) in [6.07, 6.45) is 3.00. The molecule has 1 heterocycles. The predicted molar refractivity (Wildman–Crippen MR) is 112 cm³/mol. The smallest absolute Gasteiger partial charge is 0.260 e. The van der Waals surface area contributed by atoms with Crippen LogP contribution in [0.25, 0.3) is 0 Å². The Labute approximate surface area is 176 Å². The molecule has 2 aromatic carbocycles. The zero-order chi connectivity index (χ0) is 19.9. The zero-order valence-corrected chi connectivity index (χ0v) is 17.5. The highest BCUT2D eigenvalue weighted by Crippen LogP contribution is 2.23. The molecule has 3 rings (SSSR count). The average Bonchev–Trinajstić information content (AvgIpc) is 3.21. The maximum absolute atomic E-state index is 12.9. The number of carbonyl (C=O) groups excluding carboxylic acids is 1. The first-order chi connectivity index (χ1) is 13.5. The van der Waals surface area contributed by atoms with Gasteiger partial charge < -0.3 is 14.4 Å². The van der Waals surface area contributed by atoms with Crippen molar-refractivity contribution in [2.45, 2.75) is 38.8 Å². The second-order valence-corrected chi connectivity index (χ2v) is 7.77. The fraction of sp³-hybridized carbons (Fsp3) is 0.409. The molecule has 28 heavy (non-hydrogen) atoms. The topological polar surface area (TPSA) is 38.8 Å². The van der Waals surface area contributed by atoms with Crippen LogP contribution in [0.15, 0.2) is 42.5 Å². The van der Waals surface area contributed by atoms with E-state index in [-0.39, 0.29) is 18.6 Å². The first-order valence-electron chi connectivity index (χ1n) is 9.60. The van der Waals surface area contributed by atoms with Crippen molar-refractivity contribution >= 4 is 29.1 Å². The summed E-state index contributed by atoms with van der Waals surface area (Å²) >= 11 is 12.3. The highest BCUT2D eigenvalue weighted by Gasteiger charge is 2.23. The van der Waals surface area contributed by atoms with Gasteiger partial charge in [-0.3, -0.25) is 4.79 Å². The van der Waals surface area contributed by atoms with Gasteiger partial charge in [0.05, 0.1) is 6.10 Å². The Morgan fingerprint density at radius 1 is 1.21 bits per heavy atom. The van der Waals surface area contributed by atoms with Gasteiger partial charge >= 0.3 is 0 Å². The van der Waals surface area contributed by atoms with Crippen LogP contribution in [0.4, 0.5) is 0 Å². The molecule has 0 bridgehead atoms. The van der Waals surface area contributed by atoms with Crippen LogP contribution in [0.2, 0.25) is 10.0 Å². The van der Waals surface area contributed by atoms with E-state index in [0.717, 1.165) is 31.4 Å². The van der Waals surface area contributed by atoms with Crippen LogP contribution in [-0.2, 0) is 22.5 Å². The molecule has 1 saturated heterocycles. The second-order valence-electron chi connectivity index (χ2n) is 6.93. The van der Waals surface area contributed by atoms with E-state index in [1.54, 1.807) is 17.0 Å². The number of halogens is 2. The molecule has 0 spiro atoms. The normalized spacial score (nSPS) is 16.2. The molecule has 1 amide bonds. The Morgan fingerprint density at radius 3 is 2.64 bits per heavy atom. The molecule has 0 aliphatic carbocycles. The minimum absolute atomic E-state index is 0.0244. The van der Waals surface area contributed by atoms with Crippen molar-refractivity contribution in [2.75, 3.05) is 19.8 Å². The quantitative estimate of drug-likeness (QED) is 0.591. The van der Waals surface area contributed by atoms with Gasteiger partial charge in [-0.1, -0.05) is 48.3 Å². The van der Waals surface area contributed by atoms with E-state index in [1.807, 2.05) is 30.3 Å². The molecule has 0 saturated carbocycles. The highest BCUT2D eigenvalue weighted by atomic mass is 35.5. The number of carbonyl (C=O) groups is 1. The minimum atomic E-state index is -0.0962. The molecule has 0 radical (unpaired) electrons. The van der Waals surface area contributed by atoms with Crippen molar-refractivity contribution in [3.05, 3.63) is 63.6 Å². The molecule has 2 aromatic rings. The van der Waals surface area contributed by atoms with Crippen LogP contribution in [0.5, 0.6) is 5.75 Å². The Morgan fingerprint density at radius 2 is 2.00 bits per heavy atom. The number of rotatable bonds is 8. The van der Waals surface area contributed by atoms with Crippen molar-refractivity contribution in [3.63, 3.8) is 0 Å². The summed E-state index contributed by atoms with van der Waals surface area (Å²) < 4.78 is 11.4. The third kappa shape index (κ3) is 5.87. The summed E-state index contributed by atoms with van der Waals surface area (Å²) in [6, 6.07) is 13.1. The van der Waals surface area contributed by atoms with Crippen LogP contribution in [-0.4, -0.2) is 36.7 Å². The van der Waals surface area contributed by atoms with Crippen molar-refractivity contribution in [2.24, 2.45) is 0 Å². The van der Waals surface area contributed by atoms with Gasteiger partial charge in [-0.2, -0.15) is 0 Å². The van der Waals surface area contributed by atoms with E-state index in [9.17, 15) is 4.79 Å². The Balaban J connectivity index is 1.66. The number of benzene rings is 2. The van der Waals surface area contributed by atoms with E-state index in [2.05, 4.69) is 6.92 Å². The Kier molecular flexibility index (Phi) is 7.60. The summed E-state index contributed by atoms with van der Waals surface area (Å²) in [5.41, 5.74) is 2.08. The van der Waals surface area contributed by atoms with Crippen molar-refractivity contribution < 1.29 is 14.3 Å². The Hall–Kier alpha value is -1.75. The summed E-state index contributed by atoms with van der Waals surface area (Å²) in [5, 5.41) is 1.12. The largest absolute Gasteiger partial charge is 0.484 e. The fourth-order valence-electron chi connectivity index (χ4n) is 3.20. The second kappa shape index (κ2) is 10.1. The van der Waals surface area contributed by atoms with Gasteiger partial charge in [0.2, 0.25) is 0 Å². The van der Waals surface area contributed by atoms with E-state index in [1.165, 1.54) is 5.56 Å². The fourth-order valence-corrected chi connectivity index (χ4v) is 3.67. The minimum Gasteiger partial charge on any atom is -0.484 e. The first-order valence-corrected chi connectivity index (χ1v) is 10.4. The standard InChI is InChI=1S/C22H25Cl2NO3/c1-2-16-5-9-19(10-6-16)28-15-22(26)25(14-20-4-3-11-27-20)13-17-7-8-18(23)12-21(17)24/h5-10,12,20H,2-4,11,13-15H2,1H3. The molecule has 1 aliphatic rings. The van der Waals surface area contributed by atoms with Crippen molar-refractivity contribution in [1.82, 2.24) is 4.90 Å². The third-order valence-electron chi connectivity index (χ3n) is 4.87. The molecular formula is C22H25Cl2NO3. The maximum Gasteiger partial charge on any atom is 0.260 e. The molecule has 1 atom stereocenters. The number of aryl methyl sites for hydroxylation is 1. The molecule has 150 valence electrons. The summed E-state index contributed by atoms with van der Waals surface area (Å²) in [7, 11) is 0.